The van der Waals surface area contributed by atoms with Gasteiger partial charge in [0, 0.05) is 11.8 Å². The molecular weight excluding hydrogens is 253 g/mol. The largest absolute Gasteiger partial charge is 0.322 e. The Morgan fingerprint density at radius 1 is 1.15 bits per heavy atom. The van der Waals surface area contributed by atoms with Crippen molar-refractivity contribution in [1.82, 2.24) is 0 Å². The Balaban J connectivity index is 2.05. The first kappa shape index (κ1) is 14.0. The predicted octanol–water partition coefficient (Wildman–Crippen LogP) is 4.09. The zero-order chi connectivity index (χ0) is 14.5. The number of halogens is 1. The SMILES string of the molecule is Cc1ccc(NC(=O)C=Cc2cccc(F)c2)c(C)c1. The number of amides is 1. The van der Waals surface area contributed by atoms with Gasteiger partial charge in [-0.1, -0.05) is 29.8 Å². The molecule has 2 aromatic carbocycles. The quantitative estimate of drug-likeness (QED) is 0.835. The highest BCUT2D eigenvalue weighted by atomic mass is 19.1. The molecule has 0 heterocycles. The van der Waals surface area contributed by atoms with E-state index >= 15 is 0 Å². The minimum absolute atomic E-state index is 0.235. The van der Waals surface area contributed by atoms with Gasteiger partial charge in [-0.2, -0.15) is 0 Å². The number of aryl methyl sites for hydroxylation is 2. The number of anilines is 1. The van der Waals surface area contributed by atoms with Gasteiger partial charge in [0.25, 0.3) is 0 Å². The maximum Gasteiger partial charge on any atom is 0.248 e. The van der Waals surface area contributed by atoms with Crippen LogP contribution in [0.4, 0.5) is 10.1 Å². The Hall–Kier alpha value is -2.42. The van der Waals surface area contributed by atoms with E-state index in [1.54, 1.807) is 18.2 Å². The van der Waals surface area contributed by atoms with E-state index in [1.807, 2.05) is 32.0 Å². The summed E-state index contributed by atoms with van der Waals surface area (Å²) in [6, 6.07) is 11.9. The summed E-state index contributed by atoms with van der Waals surface area (Å²) in [6.45, 7) is 3.95. The molecule has 0 saturated carbocycles. The Morgan fingerprint density at radius 3 is 2.65 bits per heavy atom. The number of rotatable bonds is 3. The lowest BCUT2D eigenvalue weighted by Gasteiger charge is -2.07. The summed E-state index contributed by atoms with van der Waals surface area (Å²) in [6.07, 6.45) is 2.98. The number of hydrogen-bond donors (Lipinski definition) is 1. The number of nitrogens with one attached hydrogen (secondary N) is 1. The van der Waals surface area contributed by atoms with Gasteiger partial charge >= 0.3 is 0 Å². The average Bonchev–Trinajstić information content (AvgIpc) is 2.40. The van der Waals surface area contributed by atoms with Crippen LogP contribution in [0.1, 0.15) is 16.7 Å². The topological polar surface area (TPSA) is 29.1 Å². The zero-order valence-electron chi connectivity index (χ0n) is 11.5. The Morgan fingerprint density at radius 2 is 1.95 bits per heavy atom. The van der Waals surface area contributed by atoms with Crippen molar-refractivity contribution in [3.63, 3.8) is 0 Å². The highest BCUT2D eigenvalue weighted by Crippen LogP contribution is 2.16. The average molecular weight is 269 g/mol. The summed E-state index contributed by atoms with van der Waals surface area (Å²) in [7, 11) is 0. The van der Waals surface area contributed by atoms with Crippen LogP contribution in [-0.4, -0.2) is 5.91 Å². The summed E-state index contributed by atoms with van der Waals surface area (Å²) in [5.74, 6) is -0.553. The van der Waals surface area contributed by atoms with E-state index in [0.717, 1.165) is 16.8 Å². The normalized spacial score (nSPS) is 10.8. The van der Waals surface area contributed by atoms with Crippen LogP contribution in [0.3, 0.4) is 0 Å². The lowest BCUT2D eigenvalue weighted by molar-refractivity contribution is -0.111. The Bertz CT molecular complexity index is 662. The highest BCUT2D eigenvalue weighted by molar-refractivity contribution is 6.02. The Labute approximate surface area is 118 Å². The molecular formula is C17H16FNO. The van der Waals surface area contributed by atoms with E-state index in [1.165, 1.54) is 18.2 Å². The smallest absolute Gasteiger partial charge is 0.248 e. The van der Waals surface area contributed by atoms with Crippen LogP contribution in [0.5, 0.6) is 0 Å². The summed E-state index contributed by atoms with van der Waals surface area (Å²) in [5, 5.41) is 2.80. The number of carbonyl (C=O) groups excluding carboxylic acids is 1. The standard InChI is InChI=1S/C17H16FNO/c1-12-6-8-16(13(2)10-12)19-17(20)9-7-14-4-3-5-15(18)11-14/h3-11H,1-2H3,(H,19,20). The lowest BCUT2D eigenvalue weighted by atomic mass is 10.1. The lowest BCUT2D eigenvalue weighted by Crippen LogP contribution is -2.08. The highest BCUT2D eigenvalue weighted by Gasteiger charge is 2.01. The van der Waals surface area contributed by atoms with Crippen molar-refractivity contribution in [1.29, 1.82) is 0 Å². The maximum atomic E-state index is 13.0. The number of carbonyl (C=O) groups is 1. The molecule has 0 aliphatic rings. The first-order valence-corrected chi connectivity index (χ1v) is 6.36. The molecule has 0 radical (unpaired) electrons. The second-order valence-electron chi connectivity index (χ2n) is 4.70. The molecule has 0 atom stereocenters. The number of hydrogen-bond acceptors (Lipinski definition) is 1. The van der Waals surface area contributed by atoms with Crippen LogP contribution in [0.15, 0.2) is 48.5 Å². The second-order valence-corrected chi connectivity index (χ2v) is 4.70. The fourth-order valence-corrected chi connectivity index (χ4v) is 1.91. The van der Waals surface area contributed by atoms with Gasteiger partial charge in [0.15, 0.2) is 0 Å². The van der Waals surface area contributed by atoms with Crippen LogP contribution >= 0.6 is 0 Å². The Kier molecular flexibility index (Phi) is 4.31. The molecule has 0 aliphatic carbocycles. The number of benzene rings is 2. The third kappa shape index (κ3) is 3.79. The monoisotopic (exact) mass is 269 g/mol. The van der Waals surface area contributed by atoms with Crippen LogP contribution < -0.4 is 5.32 Å². The van der Waals surface area contributed by atoms with Crippen molar-refractivity contribution >= 4 is 17.7 Å². The predicted molar refractivity (Wildman–Crippen MR) is 80.0 cm³/mol. The second kappa shape index (κ2) is 6.15. The summed E-state index contributed by atoms with van der Waals surface area (Å²) < 4.78 is 13.0. The van der Waals surface area contributed by atoms with E-state index in [9.17, 15) is 9.18 Å². The first-order chi connectivity index (χ1) is 9.54. The molecule has 2 rings (SSSR count). The van der Waals surface area contributed by atoms with Gasteiger partial charge in [0.2, 0.25) is 5.91 Å². The van der Waals surface area contributed by atoms with E-state index < -0.39 is 0 Å². The third-order valence-electron chi connectivity index (χ3n) is 2.92. The van der Waals surface area contributed by atoms with Gasteiger partial charge in [-0.15, -0.1) is 0 Å². The summed E-state index contributed by atoms with van der Waals surface area (Å²) >= 11 is 0. The molecule has 0 spiro atoms. The molecule has 0 aromatic heterocycles. The maximum absolute atomic E-state index is 13.0. The molecule has 102 valence electrons. The van der Waals surface area contributed by atoms with E-state index in [4.69, 9.17) is 0 Å². The summed E-state index contributed by atoms with van der Waals surface area (Å²) in [5.41, 5.74) is 3.60. The van der Waals surface area contributed by atoms with Crippen LogP contribution in [0, 0.1) is 19.7 Å². The molecule has 0 bridgehead atoms. The van der Waals surface area contributed by atoms with Crippen molar-refractivity contribution in [2.75, 3.05) is 5.32 Å². The van der Waals surface area contributed by atoms with Crippen LogP contribution in [-0.2, 0) is 4.79 Å². The van der Waals surface area contributed by atoms with Gasteiger partial charge in [0.1, 0.15) is 5.82 Å². The molecule has 0 fully saturated rings. The minimum atomic E-state index is -0.318. The van der Waals surface area contributed by atoms with E-state index in [-0.39, 0.29) is 11.7 Å². The van der Waals surface area contributed by atoms with Gasteiger partial charge in [-0.3, -0.25) is 4.79 Å². The van der Waals surface area contributed by atoms with Crippen molar-refractivity contribution in [3.8, 4) is 0 Å². The summed E-state index contributed by atoms with van der Waals surface area (Å²) in [4.78, 5) is 11.8. The molecule has 0 saturated heterocycles. The molecule has 2 aromatic rings. The van der Waals surface area contributed by atoms with Gasteiger partial charge in [-0.05, 0) is 49.2 Å². The van der Waals surface area contributed by atoms with Gasteiger partial charge in [0.05, 0.1) is 0 Å². The van der Waals surface area contributed by atoms with Crippen molar-refractivity contribution in [2.24, 2.45) is 0 Å². The molecule has 2 nitrogen and oxygen atoms in total. The van der Waals surface area contributed by atoms with E-state index in [2.05, 4.69) is 5.32 Å². The van der Waals surface area contributed by atoms with Crippen LogP contribution in [0.2, 0.25) is 0 Å². The van der Waals surface area contributed by atoms with Gasteiger partial charge < -0.3 is 5.32 Å². The first-order valence-electron chi connectivity index (χ1n) is 6.36. The zero-order valence-corrected chi connectivity index (χ0v) is 11.5. The fraction of sp³-hybridized carbons (Fsp3) is 0.118. The minimum Gasteiger partial charge on any atom is -0.322 e. The van der Waals surface area contributed by atoms with Crippen molar-refractivity contribution in [3.05, 3.63) is 71.0 Å². The van der Waals surface area contributed by atoms with Gasteiger partial charge in [-0.25, -0.2) is 4.39 Å². The fourth-order valence-electron chi connectivity index (χ4n) is 1.91. The molecule has 1 N–H and O–H groups in total. The van der Waals surface area contributed by atoms with Crippen LogP contribution in [0.25, 0.3) is 6.08 Å². The van der Waals surface area contributed by atoms with Crippen molar-refractivity contribution < 1.29 is 9.18 Å². The van der Waals surface area contributed by atoms with E-state index in [0.29, 0.717) is 5.56 Å². The molecule has 0 aliphatic heterocycles. The molecule has 0 unspecified atom stereocenters. The van der Waals surface area contributed by atoms with Crippen molar-refractivity contribution in [2.45, 2.75) is 13.8 Å². The molecule has 20 heavy (non-hydrogen) atoms. The molecule has 1 amide bonds. The third-order valence-corrected chi connectivity index (χ3v) is 2.92. The molecule has 3 heteroatoms.